The van der Waals surface area contributed by atoms with Gasteiger partial charge in [0.1, 0.15) is 0 Å². The summed E-state index contributed by atoms with van der Waals surface area (Å²) in [7, 11) is 0. The summed E-state index contributed by atoms with van der Waals surface area (Å²) in [5.41, 5.74) is 6.80. The molecule has 0 bridgehead atoms. The molecule has 0 unspecified atom stereocenters. The van der Waals surface area contributed by atoms with Crippen LogP contribution < -0.4 is 11.1 Å². The lowest BCUT2D eigenvalue weighted by Gasteiger charge is -2.27. The Kier molecular flexibility index (Phi) is 2.10. The third-order valence-corrected chi connectivity index (χ3v) is 2.31. The van der Waals surface area contributed by atoms with Crippen molar-refractivity contribution in [2.24, 2.45) is 5.73 Å². The van der Waals surface area contributed by atoms with E-state index in [-0.39, 0.29) is 0 Å². The van der Waals surface area contributed by atoms with Gasteiger partial charge in [0.15, 0.2) is 0 Å². The van der Waals surface area contributed by atoms with Gasteiger partial charge in [-0.1, -0.05) is 0 Å². The Labute approximate surface area is 71.8 Å². The van der Waals surface area contributed by atoms with Crippen molar-refractivity contribution in [2.45, 2.75) is 12.5 Å². The molecule has 1 aromatic rings. The van der Waals surface area contributed by atoms with E-state index in [1.165, 1.54) is 5.69 Å². The number of hydrogen-bond acceptors (Lipinski definition) is 3. The molecule has 0 atom stereocenters. The van der Waals surface area contributed by atoms with Crippen LogP contribution >= 0.6 is 0 Å². The fourth-order valence-electron chi connectivity index (χ4n) is 1.49. The number of rotatable bonds is 3. The van der Waals surface area contributed by atoms with Crippen molar-refractivity contribution in [3.05, 3.63) is 18.2 Å². The van der Waals surface area contributed by atoms with E-state index in [4.69, 9.17) is 5.73 Å². The van der Waals surface area contributed by atoms with Crippen LogP contribution in [0.1, 0.15) is 11.6 Å². The van der Waals surface area contributed by atoms with E-state index in [1.54, 1.807) is 0 Å². The van der Waals surface area contributed by atoms with Gasteiger partial charge in [0.2, 0.25) is 0 Å². The standard InChI is InChI=1S/C8H14N4/c9-1-2-12-6-11-5-8(12)7-3-10-4-7/h5-7,10H,1-4,9H2. The summed E-state index contributed by atoms with van der Waals surface area (Å²) in [6, 6.07) is 0. The fraction of sp³-hybridized carbons (Fsp3) is 0.625. The van der Waals surface area contributed by atoms with Crippen LogP contribution in [0.25, 0.3) is 0 Å². The van der Waals surface area contributed by atoms with Crippen LogP contribution in [0, 0.1) is 0 Å². The zero-order valence-electron chi connectivity index (χ0n) is 7.03. The van der Waals surface area contributed by atoms with Crippen LogP contribution in [0.15, 0.2) is 12.5 Å². The number of nitrogens with two attached hydrogens (primary N) is 1. The van der Waals surface area contributed by atoms with Crippen LogP contribution in [0.3, 0.4) is 0 Å². The van der Waals surface area contributed by atoms with Crippen molar-refractivity contribution >= 4 is 0 Å². The zero-order chi connectivity index (χ0) is 8.39. The van der Waals surface area contributed by atoms with Crippen molar-refractivity contribution in [2.75, 3.05) is 19.6 Å². The largest absolute Gasteiger partial charge is 0.333 e. The molecular weight excluding hydrogens is 152 g/mol. The molecule has 1 saturated heterocycles. The maximum atomic E-state index is 5.48. The van der Waals surface area contributed by atoms with E-state index in [1.807, 2.05) is 12.5 Å². The predicted molar refractivity (Wildman–Crippen MR) is 46.9 cm³/mol. The highest BCUT2D eigenvalue weighted by atomic mass is 15.1. The molecular formula is C8H14N4. The van der Waals surface area contributed by atoms with Gasteiger partial charge >= 0.3 is 0 Å². The molecule has 1 aliphatic rings. The Hall–Kier alpha value is -0.870. The molecule has 0 aromatic carbocycles. The summed E-state index contributed by atoms with van der Waals surface area (Å²) in [4.78, 5) is 4.12. The van der Waals surface area contributed by atoms with E-state index < -0.39 is 0 Å². The minimum Gasteiger partial charge on any atom is -0.333 e. The molecule has 4 heteroatoms. The molecule has 0 aliphatic carbocycles. The van der Waals surface area contributed by atoms with Gasteiger partial charge in [0, 0.05) is 44.0 Å². The topological polar surface area (TPSA) is 55.9 Å². The molecule has 3 N–H and O–H groups in total. The zero-order valence-corrected chi connectivity index (χ0v) is 7.03. The molecule has 12 heavy (non-hydrogen) atoms. The van der Waals surface area contributed by atoms with Gasteiger partial charge in [0.05, 0.1) is 6.33 Å². The van der Waals surface area contributed by atoms with E-state index in [0.29, 0.717) is 12.5 Å². The van der Waals surface area contributed by atoms with Crippen LogP contribution in [-0.4, -0.2) is 29.2 Å². The predicted octanol–water partition coefficient (Wildman–Crippen LogP) is -0.471. The first-order chi connectivity index (χ1) is 5.92. The van der Waals surface area contributed by atoms with Crippen LogP contribution in [0.4, 0.5) is 0 Å². The Balaban J connectivity index is 2.12. The summed E-state index contributed by atoms with van der Waals surface area (Å²) < 4.78 is 2.14. The Bertz CT molecular complexity index is 251. The smallest absolute Gasteiger partial charge is 0.0948 e. The molecule has 0 spiro atoms. The van der Waals surface area contributed by atoms with Crippen molar-refractivity contribution < 1.29 is 0 Å². The average molecular weight is 166 g/mol. The highest BCUT2D eigenvalue weighted by Crippen LogP contribution is 2.18. The van der Waals surface area contributed by atoms with E-state index in [9.17, 15) is 0 Å². The Morgan fingerprint density at radius 1 is 1.67 bits per heavy atom. The van der Waals surface area contributed by atoms with Crippen molar-refractivity contribution in [1.29, 1.82) is 0 Å². The summed E-state index contributed by atoms with van der Waals surface area (Å²) in [6.45, 7) is 3.72. The van der Waals surface area contributed by atoms with Gasteiger partial charge in [-0.05, 0) is 0 Å². The average Bonchev–Trinajstić information content (AvgIpc) is 2.35. The number of hydrogen-bond donors (Lipinski definition) is 2. The van der Waals surface area contributed by atoms with E-state index in [0.717, 1.165) is 19.6 Å². The molecule has 4 nitrogen and oxygen atoms in total. The van der Waals surface area contributed by atoms with Gasteiger partial charge < -0.3 is 15.6 Å². The van der Waals surface area contributed by atoms with Crippen LogP contribution in [0.2, 0.25) is 0 Å². The lowest BCUT2D eigenvalue weighted by Crippen LogP contribution is -2.41. The molecule has 1 aliphatic heterocycles. The van der Waals surface area contributed by atoms with Crippen LogP contribution in [0.5, 0.6) is 0 Å². The first kappa shape index (κ1) is 7.76. The summed E-state index contributed by atoms with van der Waals surface area (Å²) in [5, 5.41) is 3.25. The normalized spacial score (nSPS) is 17.8. The van der Waals surface area contributed by atoms with Gasteiger partial charge in [-0.3, -0.25) is 0 Å². The number of nitrogens with zero attached hydrogens (tertiary/aromatic N) is 2. The van der Waals surface area contributed by atoms with Gasteiger partial charge in [-0.15, -0.1) is 0 Å². The second-order valence-electron chi connectivity index (χ2n) is 3.16. The third kappa shape index (κ3) is 1.23. The molecule has 1 fully saturated rings. The molecule has 0 amide bonds. The third-order valence-electron chi connectivity index (χ3n) is 2.31. The molecule has 66 valence electrons. The van der Waals surface area contributed by atoms with Crippen molar-refractivity contribution in [3.63, 3.8) is 0 Å². The molecule has 0 saturated carbocycles. The summed E-state index contributed by atoms with van der Waals surface area (Å²) >= 11 is 0. The van der Waals surface area contributed by atoms with Crippen LogP contribution in [-0.2, 0) is 6.54 Å². The maximum Gasteiger partial charge on any atom is 0.0948 e. The van der Waals surface area contributed by atoms with Gasteiger partial charge in [0.25, 0.3) is 0 Å². The number of nitrogens with one attached hydrogen (secondary N) is 1. The fourth-order valence-corrected chi connectivity index (χ4v) is 1.49. The first-order valence-corrected chi connectivity index (χ1v) is 4.32. The van der Waals surface area contributed by atoms with Crippen molar-refractivity contribution in [1.82, 2.24) is 14.9 Å². The van der Waals surface area contributed by atoms with Gasteiger partial charge in [-0.25, -0.2) is 4.98 Å². The quantitative estimate of drug-likeness (QED) is 0.638. The lowest BCUT2D eigenvalue weighted by molar-refractivity contribution is 0.424. The molecule has 2 heterocycles. The highest BCUT2D eigenvalue weighted by molar-refractivity contribution is 5.11. The van der Waals surface area contributed by atoms with E-state index in [2.05, 4.69) is 14.9 Å². The highest BCUT2D eigenvalue weighted by Gasteiger charge is 2.21. The first-order valence-electron chi connectivity index (χ1n) is 4.32. The Morgan fingerprint density at radius 3 is 3.08 bits per heavy atom. The Morgan fingerprint density at radius 2 is 2.50 bits per heavy atom. The van der Waals surface area contributed by atoms with Crippen molar-refractivity contribution in [3.8, 4) is 0 Å². The second kappa shape index (κ2) is 3.25. The molecule has 1 aromatic heterocycles. The number of imidazole rings is 1. The molecule has 0 radical (unpaired) electrons. The monoisotopic (exact) mass is 166 g/mol. The maximum absolute atomic E-state index is 5.48. The summed E-state index contributed by atoms with van der Waals surface area (Å²) in [6.07, 6.45) is 3.81. The van der Waals surface area contributed by atoms with E-state index >= 15 is 0 Å². The lowest BCUT2D eigenvalue weighted by atomic mass is 10.00. The molecule has 2 rings (SSSR count). The second-order valence-corrected chi connectivity index (χ2v) is 3.16. The SMILES string of the molecule is NCCn1cncc1C1CNC1. The minimum atomic E-state index is 0.652. The number of aromatic nitrogens is 2. The minimum absolute atomic E-state index is 0.652. The summed E-state index contributed by atoms with van der Waals surface area (Å²) in [5.74, 6) is 0.652. The van der Waals surface area contributed by atoms with Gasteiger partial charge in [-0.2, -0.15) is 0 Å².